The average Bonchev–Trinajstić information content (AvgIpc) is 3.17. The standard InChI is InChI=1S/C18H17NO5S/c1-17-7-8-18(2,24-17)14-13(17)15(20)19(16(14)21)11-9-25(22,23)12-6-4-3-5-10(11)12/h3-6,9,20-21H,7-8H2,1-2H3. The highest BCUT2D eigenvalue weighted by Gasteiger charge is 2.59. The average molecular weight is 359 g/mol. The van der Waals surface area contributed by atoms with Crippen LogP contribution in [0.5, 0.6) is 11.8 Å². The van der Waals surface area contributed by atoms with Crippen molar-refractivity contribution in [2.75, 3.05) is 0 Å². The molecule has 2 N–H and O–H groups in total. The van der Waals surface area contributed by atoms with Gasteiger partial charge in [0.05, 0.1) is 38.3 Å². The van der Waals surface area contributed by atoms with Gasteiger partial charge in [-0.05, 0) is 32.8 Å². The molecule has 2 aromatic rings. The largest absolute Gasteiger partial charge is 0.494 e. The van der Waals surface area contributed by atoms with Gasteiger partial charge in [0.1, 0.15) is 0 Å². The molecule has 3 aliphatic heterocycles. The maximum atomic E-state index is 12.4. The third kappa shape index (κ3) is 1.60. The molecule has 4 heterocycles. The lowest BCUT2D eigenvalue weighted by Gasteiger charge is -2.21. The van der Waals surface area contributed by atoms with Crippen LogP contribution in [-0.2, 0) is 25.8 Å². The fraction of sp³-hybridized carbons (Fsp3) is 0.333. The van der Waals surface area contributed by atoms with Crippen molar-refractivity contribution in [2.45, 2.75) is 42.8 Å². The van der Waals surface area contributed by atoms with Crippen LogP contribution < -0.4 is 0 Å². The van der Waals surface area contributed by atoms with Gasteiger partial charge in [-0.25, -0.2) is 13.0 Å². The smallest absolute Gasteiger partial charge is 0.205 e. The zero-order chi connectivity index (χ0) is 17.8. The predicted molar refractivity (Wildman–Crippen MR) is 89.8 cm³/mol. The van der Waals surface area contributed by atoms with Crippen LogP contribution >= 0.6 is 0 Å². The third-order valence-electron chi connectivity index (χ3n) is 5.69. The summed E-state index contributed by atoms with van der Waals surface area (Å²) in [6.45, 7) is 3.78. The summed E-state index contributed by atoms with van der Waals surface area (Å²) in [5, 5.41) is 22.8. The van der Waals surface area contributed by atoms with Crippen molar-refractivity contribution in [3.63, 3.8) is 0 Å². The van der Waals surface area contributed by atoms with Gasteiger partial charge in [-0.15, -0.1) is 0 Å². The number of hydrogen-bond acceptors (Lipinski definition) is 5. The highest BCUT2D eigenvalue weighted by molar-refractivity contribution is 7.95. The number of aromatic hydroxyl groups is 2. The summed E-state index contributed by atoms with van der Waals surface area (Å²) in [5.74, 6) is -0.312. The second-order valence-electron chi connectivity index (χ2n) is 7.34. The molecule has 0 radical (unpaired) electrons. The van der Waals surface area contributed by atoms with Crippen LogP contribution in [0, 0.1) is 0 Å². The summed E-state index contributed by atoms with van der Waals surface area (Å²) in [6.07, 6.45) is 1.48. The Labute approximate surface area is 144 Å². The van der Waals surface area contributed by atoms with Gasteiger partial charge in [-0.1, -0.05) is 18.2 Å². The summed E-state index contributed by atoms with van der Waals surface area (Å²) in [7, 11) is -3.61. The Kier molecular flexibility index (Phi) is 2.47. The second kappa shape index (κ2) is 4.11. The maximum Gasteiger partial charge on any atom is 0.205 e. The normalized spacial score (nSPS) is 31.0. The highest BCUT2D eigenvalue weighted by Crippen LogP contribution is 2.64. The van der Waals surface area contributed by atoms with Crippen LogP contribution in [0.2, 0.25) is 0 Å². The number of sulfone groups is 1. The van der Waals surface area contributed by atoms with E-state index in [9.17, 15) is 18.6 Å². The van der Waals surface area contributed by atoms with E-state index < -0.39 is 21.0 Å². The van der Waals surface area contributed by atoms with Gasteiger partial charge in [-0.2, -0.15) is 0 Å². The van der Waals surface area contributed by atoms with Crippen LogP contribution in [0.3, 0.4) is 0 Å². The van der Waals surface area contributed by atoms with E-state index in [0.717, 1.165) is 18.2 Å². The minimum absolute atomic E-state index is 0.156. The number of aromatic nitrogens is 1. The van der Waals surface area contributed by atoms with Gasteiger partial charge in [0.25, 0.3) is 0 Å². The van der Waals surface area contributed by atoms with Crippen LogP contribution in [0.4, 0.5) is 0 Å². The van der Waals surface area contributed by atoms with E-state index in [1.54, 1.807) is 18.2 Å². The molecule has 2 bridgehead atoms. The van der Waals surface area contributed by atoms with Gasteiger partial charge >= 0.3 is 0 Å². The Morgan fingerprint density at radius 1 is 1.04 bits per heavy atom. The SMILES string of the molecule is CC12CCC(C)(O1)c1c2c(O)n(C2=CS(=O)(=O)c3ccccc32)c1O. The fourth-order valence-corrected chi connectivity index (χ4v) is 5.98. The Bertz CT molecular complexity index is 1060. The molecule has 7 heteroatoms. The summed E-state index contributed by atoms with van der Waals surface area (Å²) in [6, 6.07) is 6.58. The van der Waals surface area contributed by atoms with Crippen molar-refractivity contribution in [3.05, 3.63) is 46.4 Å². The number of rotatable bonds is 1. The molecule has 3 aliphatic rings. The lowest BCUT2D eigenvalue weighted by molar-refractivity contribution is -0.0683. The maximum absolute atomic E-state index is 12.4. The van der Waals surface area contributed by atoms with Crippen LogP contribution in [0.15, 0.2) is 34.6 Å². The second-order valence-corrected chi connectivity index (χ2v) is 9.11. The Morgan fingerprint density at radius 2 is 1.60 bits per heavy atom. The number of nitrogens with zero attached hydrogens (tertiary/aromatic N) is 1. The molecular weight excluding hydrogens is 342 g/mol. The van der Waals surface area contributed by atoms with Crippen LogP contribution in [-0.4, -0.2) is 23.2 Å². The summed E-state index contributed by atoms with van der Waals surface area (Å²) < 4.78 is 32.2. The predicted octanol–water partition coefficient (Wildman–Crippen LogP) is 2.79. The summed E-state index contributed by atoms with van der Waals surface area (Å²) in [4.78, 5) is 0.175. The zero-order valence-electron chi connectivity index (χ0n) is 13.8. The van der Waals surface area contributed by atoms with Crippen molar-refractivity contribution in [1.82, 2.24) is 4.57 Å². The quantitative estimate of drug-likeness (QED) is 0.817. The first-order chi connectivity index (χ1) is 11.7. The summed E-state index contributed by atoms with van der Waals surface area (Å²) in [5.41, 5.74) is 0.489. The topological polar surface area (TPSA) is 88.8 Å². The highest BCUT2D eigenvalue weighted by atomic mass is 32.2. The van der Waals surface area contributed by atoms with E-state index in [-0.39, 0.29) is 22.4 Å². The van der Waals surface area contributed by atoms with Gasteiger partial charge in [-0.3, -0.25) is 0 Å². The molecule has 0 aliphatic carbocycles. The van der Waals surface area contributed by atoms with Crippen molar-refractivity contribution >= 4 is 15.5 Å². The Balaban J connectivity index is 1.83. The molecule has 6 nitrogen and oxygen atoms in total. The molecule has 25 heavy (non-hydrogen) atoms. The molecule has 1 aromatic carbocycles. The molecule has 1 aromatic heterocycles. The van der Waals surface area contributed by atoms with Gasteiger partial charge in [0, 0.05) is 5.56 Å². The molecule has 130 valence electrons. The number of hydrogen-bond donors (Lipinski definition) is 2. The molecular formula is C18H17NO5S. The first-order valence-electron chi connectivity index (χ1n) is 8.12. The number of benzene rings is 1. The van der Waals surface area contributed by atoms with Gasteiger partial charge in [0.15, 0.2) is 0 Å². The molecule has 2 unspecified atom stereocenters. The van der Waals surface area contributed by atoms with Crippen molar-refractivity contribution in [3.8, 4) is 11.8 Å². The molecule has 5 rings (SSSR count). The lowest BCUT2D eigenvalue weighted by atomic mass is 9.80. The molecule has 1 fully saturated rings. The van der Waals surface area contributed by atoms with E-state index in [1.807, 2.05) is 13.8 Å². The van der Waals surface area contributed by atoms with Gasteiger partial charge in [0.2, 0.25) is 21.6 Å². The van der Waals surface area contributed by atoms with Crippen LogP contribution in [0.1, 0.15) is 43.4 Å². The van der Waals surface area contributed by atoms with Crippen molar-refractivity contribution in [2.24, 2.45) is 0 Å². The zero-order valence-corrected chi connectivity index (χ0v) is 14.6. The molecule has 2 atom stereocenters. The minimum atomic E-state index is -3.61. The third-order valence-corrected chi connectivity index (χ3v) is 7.19. The first kappa shape index (κ1) is 15.0. The molecule has 0 amide bonds. The van der Waals surface area contributed by atoms with E-state index >= 15 is 0 Å². The molecule has 0 saturated carbocycles. The molecule has 0 spiro atoms. The minimum Gasteiger partial charge on any atom is -0.494 e. The first-order valence-corrected chi connectivity index (χ1v) is 9.67. The van der Waals surface area contributed by atoms with Crippen LogP contribution in [0.25, 0.3) is 5.70 Å². The Morgan fingerprint density at radius 3 is 2.20 bits per heavy atom. The number of fused-ring (bicyclic) bond motifs is 6. The summed E-state index contributed by atoms with van der Waals surface area (Å²) >= 11 is 0. The fourth-order valence-electron chi connectivity index (χ4n) is 4.58. The van der Waals surface area contributed by atoms with Gasteiger partial charge < -0.3 is 14.9 Å². The van der Waals surface area contributed by atoms with E-state index in [0.29, 0.717) is 16.7 Å². The van der Waals surface area contributed by atoms with E-state index in [1.165, 1.54) is 10.6 Å². The Hall–Kier alpha value is -2.25. The number of ether oxygens (including phenoxy) is 1. The van der Waals surface area contributed by atoms with E-state index in [2.05, 4.69) is 0 Å². The molecule has 1 saturated heterocycles. The van der Waals surface area contributed by atoms with E-state index in [4.69, 9.17) is 4.74 Å². The lowest BCUT2D eigenvalue weighted by Crippen LogP contribution is -2.17. The van der Waals surface area contributed by atoms with Crippen molar-refractivity contribution in [1.29, 1.82) is 0 Å². The van der Waals surface area contributed by atoms with Crippen molar-refractivity contribution < 1.29 is 23.4 Å². The monoisotopic (exact) mass is 359 g/mol.